The van der Waals surface area contributed by atoms with Crippen molar-refractivity contribution in [1.29, 1.82) is 0 Å². The summed E-state index contributed by atoms with van der Waals surface area (Å²) in [6, 6.07) is 28.6. The molecule has 0 heterocycles. The van der Waals surface area contributed by atoms with E-state index < -0.39 is 0 Å². The number of hydrogen-bond acceptors (Lipinski definition) is 2. The lowest BCUT2D eigenvalue weighted by Gasteiger charge is -2.16. The molecule has 0 radical (unpaired) electrons. The Bertz CT molecular complexity index is 850. The molecule has 0 bridgehead atoms. The Morgan fingerprint density at radius 2 is 1.23 bits per heavy atom. The van der Waals surface area contributed by atoms with Crippen LogP contribution in [0.2, 0.25) is 0 Å². The molecule has 2 nitrogen and oxygen atoms in total. The minimum Gasteiger partial charge on any atom is -0.427 e. The third kappa shape index (κ3) is 4.09. The SMILES string of the molecule is CCC(=C(c1ccccc1)c1ccccc1)c1ccc(OC(C)=O)cc1. The number of allylic oxidation sites excluding steroid dienone is 1. The minimum atomic E-state index is -0.307. The molecule has 3 aromatic carbocycles. The second-order valence-electron chi connectivity index (χ2n) is 6.06. The van der Waals surface area contributed by atoms with E-state index >= 15 is 0 Å². The van der Waals surface area contributed by atoms with E-state index in [-0.39, 0.29) is 5.97 Å². The van der Waals surface area contributed by atoms with Gasteiger partial charge in [-0.25, -0.2) is 0 Å². The van der Waals surface area contributed by atoms with Crippen LogP contribution in [-0.4, -0.2) is 5.97 Å². The fourth-order valence-electron chi connectivity index (χ4n) is 3.14. The van der Waals surface area contributed by atoms with Crippen LogP contribution in [0.15, 0.2) is 84.9 Å². The molecule has 0 spiro atoms. The van der Waals surface area contributed by atoms with Crippen molar-refractivity contribution in [3.8, 4) is 5.75 Å². The molecule has 130 valence electrons. The van der Waals surface area contributed by atoms with Crippen LogP contribution in [0.25, 0.3) is 11.1 Å². The average molecular weight is 342 g/mol. The highest BCUT2D eigenvalue weighted by molar-refractivity contribution is 5.98. The molecule has 0 atom stereocenters. The quantitative estimate of drug-likeness (QED) is 0.324. The van der Waals surface area contributed by atoms with Crippen molar-refractivity contribution in [3.63, 3.8) is 0 Å². The molecule has 0 aliphatic heterocycles. The van der Waals surface area contributed by atoms with E-state index in [1.54, 1.807) is 0 Å². The van der Waals surface area contributed by atoms with Crippen LogP contribution < -0.4 is 4.74 Å². The fourth-order valence-corrected chi connectivity index (χ4v) is 3.14. The lowest BCUT2D eigenvalue weighted by Crippen LogP contribution is -2.01. The van der Waals surface area contributed by atoms with Gasteiger partial charge in [-0.1, -0.05) is 79.7 Å². The van der Waals surface area contributed by atoms with Crippen molar-refractivity contribution in [2.45, 2.75) is 20.3 Å². The molecule has 0 unspecified atom stereocenters. The van der Waals surface area contributed by atoms with E-state index in [1.807, 2.05) is 36.4 Å². The molecule has 0 aliphatic carbocycles. The predicted molar refractivity (Wildman–Crippen MR) is 107 cm³/mol. The summed E-state index contributed by atoms with van der Waals surface area (Å²) >= 11 is 0. The zero-order chi connectivity index (χ0) is 18.4. The second-order valence-corrected chi connectivity index (χ2v) is 6.06. The molecule has 0 N–H and O–H groups in total. The zero-order valence-electron chi connectivity index (χ0n) is 15.1. The predicted octanol–water partition coefficient (Wildman–Crippen LogP) is 5.98. The summed E-state index contributed by atoms with van der Waals surface area (Å²) in [6.45, 7) is 3.58. The number of benzene rings is 3. The second kappa shape index (κ2) is 8.30. The highest BCUT2D eigenvalue weighted by atomic mass is 16.5. The smallest absolute Gasteiger partial charge is 0.308 e. The Balaban J connectivity index is 2.14. The Morgan fingerprint density at radius 3 is 1.65 bits per heavy atom. The van der Waals surface area contributed by atoms with Crippen LogP contribution in [0.4, 0.5) is 0 Å². The highest BCUT2D eigenvalue weighted by Crippen LogP contribution is 2.34. The van der Waals surface area contributed by atoms with Crippen LogP contribution in [-0.2, 0) is 4.79 Å². The van der Waals surface area contributed by atoms with Gasteiger partial charge in [-0.3, -0.25) is 4.79 Å². The van der Waals surface area contributed by atoms with Crippen LogP contribution in [0, 0.1) is 0 Å². The molecule has 0 fully saturated rings. The van der Waals surface area contributed by atoms with Gasteiger partial charge in [0.1, 0.15) is 5.75 Å². The van der Waals surface area contributed by atoms with Crippen molar-refractivity contribution in [3.05, 3.63) is 102 Å². The maximum atomic E-state index is 11.1. The highest BCUT2D eigenvalue weighted by Gasteiger charge is 2.12. The zero-order valence-corrected chi connectivity index (χ0v) is 15.1. The van der Waals surface area contributed by atoms with Gasteiger partial charge < -0.3 is 4.74 Å². The van der Waals surface area contributed by atoms with Crippen molar-refractivity contribution >= 4 is 17.1 Å². The van der Waals surface area contributed by atoms with E-state index in [0.717, 1.165) is 12.0 Å². The van der Waals surface area contributed by atoms with E-state index in [4.69, 9.17) is 4.74 Å². The molecule has 0 saturated heterocycles. The lowest BCUT2D eigenvalue weighted by atomic mass is 9.88. The fraction of sp³-hybridized carbons (Fsp3) is 0.125. The summed E-state index contributed by atoms with van der Waals surface area (Å²) in [5, 5.41) is 0. The third-order valence-corrected chi connectivity index (χ3v) is 4.24. The first-order valence-corrected chi connectivity index (χ1v) is 8.82. The third-order valence-electron chi connectivity index (χ3n) is 4.24. The summed E-state index contributed by atoms with van der Waals surface area (Å²) in [7, 11) is 0. The molecule has 2 heteroatoms. The van der Waals surface area contributed by atoms with Gasteiger partial charge in [-0.15, -0.1) is 0 Å². The number of ether oxygens (including phenoxy) is 1. The molecule has 0 aliphatic rings. The van der Waals surface area contributed by atoms with E-state index in [2.05, 4.69) is 55.5 Å². The van der Waals surface area contributed by atoms with Gasteiger partial charge in [0.2, 0.25) is 0 Å². The number of esters is 1. The molecule has 3 rings (SSSR count). The van der Waals surface area contributed by atoms with E-state index in [9.17, 15) is 4.79 Å². The number of rotatable bonds is 5. The number of hydrogen-bond donors (Lipinski definition) is 0. The Morgan fingerprint density at radius 1 is 0.731 bits per heavy atom. The first-order chi connectivity index (χ1) is 12.7. The van der Waals surface area contributed by atoms with E-state index in [0.29, 0.717) is 5.75 Å². The molecule has 26 heavy (non-hydrogen) atoms. The average Bonchev–Trinajstić information content (AvgIpc) is 2.68. The summed E-state index contributed by atoms with van der Waals surface area (Å²) in [5.41, 5.74) is 6.01. The lowest BCUT2D eigenvalue weighted by molar-refractivity contribution is -0.131. The minimum absolute atomic E-state index is 0.307. The van der Waals surface area contributed by atoms with Gasteiger partial charge in [-0.05, 0) is 46.4 Å². The first kappa shape index (κ1) is 17.7. The van der Waals surface area contributed by atoms with Crippen LogP contribution in [0.3, 0.4) is 0 Å². The van der Waals surface area contributed by atoms with Gasteiger partial charge in [0.15, 0.2) is 0 Å². The normalized spacial score (nSPS) is 10.2. The first-order valence-electron chi connectivity index (χ1n) is 8.82. The monoisotopic (exact) mass is 342 g/mol. The maximum Gasteiger partial charge on any atom is 0.308 e. The Labute approximate surface area is 154 Å². The molecule has 0 amide bonds. The van der Waals surface area contributed by atoms with Crippen molar-refractivity contribution < 1.29 is 9.53 Å². The molecule has 3 aromatic rings. The Kier molecular flexibility index (Phi) is 5.65. The standard InChI is InChI=1S/C24H22O2/c1-3-23(19-14-16-22(17-15-19)26-18(2)25)24(20-10-6-4-7-11-20)21-12-8-5-9-13-21/h4-17H,3H2,1-2H3. The molecular formula is C24H22O2. The van der Waals surface area contributed by atoms with Crippen molar-refractivity contribution in [2.75, 3.05) is 0 Å². The van der Waals surface area contributed by atoms with Gasteiger partial charge in [0.05, 0.1) is 0 Å². The summed E-state index contributed by atoms with van der Waals surface area (Å²) in [5.74, 6) is 0.260. The van der Waals surface area contributed by atoms with Crippen molar-refractivity contribution in [1.82, 2.24) is 0 Å². The Hall–Kier alpha value is -3.13. The summed E-state index contributed by atoms with van der Waals surface area (Å²) < 4.78 is 5.16. The molecule has 0 aromatic heterocycles. The van der Waals surface area contributed by atoms with Gasteiger partial charge >= 0.3 is 5.97 Å². The maximum absolute atomic E-state index is 11.1. The van der Waals surface area contributed by atoms with Gasteiger partial charge in [0.25, 0.3) is 0 Å². The largest absolute Gasteiger partial charge is 0.427 e. The summed E-state index contributed by atoms with van der Waals surface area (Å²) in [6.07, 6.45) is 0.895. The van der Waals surface area contributed by atoms with E-state index in [1.165, 1.54) is 29.2 Å². The molecular weight excluding hydrogens is 320 g/mol. The van der Waals surface area contributed by atoms with Gasteiger partial charge in [-0.2, -0.15) is 0 Å². The number of carbonyl (C=O) groups excluding carboxylic acids is 1. The molecule has 0 saturated carbocycles. The topological polar surface area (TPSA) is 26.3 Å². The number of carbonyl (C=O) groups is 1. The summed E-state index contributed by atoms with van der Waals surface area (Å²) in [4.78, 5) is 11.1. The van der Waals surface area contributed by atoms with Crippen LogP contribution >= 0.6 is 0 Å². The van der Waals surface area contributed by atoms with Crippen LogP contribution in [0.1, 0.15) is 37.0 Å². The van der Waals surface area contributed by atoms with Crippen molar-refractivity contribution in [2.24, 2.45) is 0 Å². The van der Waals surface area contributed by atoms with Gasteiger partial charge in [0, 0.05) is 6.92 Å². The van der Waals surface area contributed by atoms with Crippen LogP contribution in [0.5, 0.6) is 5.75 Å².